The summed E-state index contributed by atoms with van der Waals surface area (Å²) in [6.45, 7) is 2.73. The Hall–Kier alpha value is -1.38. The molecule has 1 saturated carbocycles. The molecule has 0 bridgehead atoms. The summed E-state index contributed by atoms with van der Waals surface area (Å²) in [5.41, 5.74) is 0.547. The van der Waals surface area contributed by atoms with Gasteiger partial charge in [-0.25, -0.2) is 17.7 Å². The maximum absolute atomic E-state index is 12.6. The van der Waals surface area contributed by atoms with Crippen molar-refractivity contribution in [3.05, 3.63) is 24.3 Å². The van der Waals surface area contributed by atoms with Crippen molar-refractivity contribution in [2.24, 2.45) is 10.9 Å². The fourth-order valence-corrected chi connectivity index (χ4v) is 4.77. The molecule has 1 aromatic rings. The number of amidine groups is 1. The van der Waals surface area contributed by atoms with Crippen molar-refractivity contribution in [3.8, 4) is 0 Å². The summed E-state index contributed by atoms with van der Waals surface area (Å²) in [7, 11) is -0.502. The third-order valence-electron chi connectivity index (χ3n) is 4.52. The molecule has 2 aliphatic rings. The van der Waals surface area contributed by atoms with Crippen LogP contribution in [0.25, 0.3) is 0 Å². The molecule has 1 heterocycles. The second kappa shape index (κ2) is 7.09. The summed E-state index contributed by atoms with van der Waals surface area (Å²) in [5.74, 6) is 0.274. The van der Waals surface area contributed by atoms with Crippen molar-refractivity contribution in [2.75, 3.05) is 20.6 Å². The lowest BCUT2D eigenvalue weighted by atomic mass is 9.84. The predicted molar refractivity (Wildman–Crippen MR) is 101 cm³/mol. The zero-order valence-corrected chi connectivity index (χ0v) is 16.3. The van der Waals surface area contributed by atoms with Crippen LogP contribution in [0.15, 0.2) is 34.2 Å². The van der Waals surface area contributed by atoms with Gasteiger partial charge < -0.3 is 0 Å². The molecule has 1 atom stereocenters. The van der Waals surface area contributed by atoms with Gasteiger partial charge in [0.15, 0.2) is 5.17 Å². The second-order valence-electron chi connectivity index (χ2n) is 6.68. The first-order valence-corrected chi connectivity index (χ1v) is 10.7. The molecule has 1 aliphatic carbocycles. The van der Waals surface area contributed by atoms with Gasteiger partial charge in [0.2, 0.25) is 15.9 Å². The van der Waals surface area contributed by atoms with Crippen LogP contribution < -0.4 is 0 Å². The number of carbonyl (C=O) groups is 1. The van der Waals surface area contributed by atoms with Gasteiger partial charge in [-0.1, -0.05) is 31.2 Å². The molecule has 0 N–H and O–H groups in total. The van der Waals surface area contributed by atoms with Crippen molar-refractivity contribution < 1.29 is 13.2 Å². The number of benzene rings is 1. The molecule has 1 saturated heterocycles. The van der Waals surface area contributed by atoms with Gasteiger partial charge >= 0.3 is 0 Å². The smallest absolute Gasteiger partial charge is 0.242 e. The largest absolute Gasteiger partial charge is 0.290 e. The van der Waals surface area contributed by atoms with Crippen LogP contribution in [0, 0.1) is 5.92 Å². The average Bonchev–Trinajstić information content (AvgIpc) is 2.86. The minimum Gasteiger partial charge on any atom is -0.290 e. The molecule has 1 amide bonds. The van der Waals surface area contributed by atoms with Crippen molar-refractivity contribution in [1.82, 2.24) is 9.21 Å². The quantitative estimate of drug-likeness (QED) is 0.804. The van der Waals surface area contributed by atoms with Crippen LogP contribution in [-0.2, 0) is 14.8 Å². The van der Waals surface area contributed by atoms with Crippen molar-refractivity contribution in [3.63, 3.8) is 0 Å². The van der Waals surface area contributed by atoms with Crippen molar-refractivity contribution in [1.29, 1.82) is 0 Å². The predicted octanol–water partition coefficient (Wildman–Crippen LogP) is 2.69. The Morgan fingerprint density at radius 3 is 2.64 bits per heavy atom. The number of amides is 1. The van der Waals surface area contributed by atoms with Gasteiger partial charge in [0.1, 0.15) is 0 Å². The summed E-state index contributed by atoms with van der Waals surface area (Å²) in [5, 5.41) is 0.959. The molecule has 0 spiro atoms. The van der Waals surface area contributed by atoms with Gasteiger partial charge in [-0.05, 0) is 31.0 Å². The number of sulfonamides is 1. The van der Waals surface area contributed by atoms with Crippen LogP contribution in [0.2, 0.25) is 0 Å². The first-order chi connectivity index (χ1) is 11.8. The molecule has 136 valence electrons. The van der Waals surface area contributed by atoms with E-state index in [9.17, 15) is 13.2 Å². The Balaban J connectivity index is 1.89. The van der Waals surface area contributed by atoms with E-state index in [0.29, 0.717) is 17.4 Å². The van der Waals surface area contributed by atoms with Crippen LogP contribution in [0.4, 0.5) is 5.69 Å². The number of rotatable bonds is 4. The lowest BCUT2D eigenvalue weighted by Crippen LogP contribution is -2.39. The zero-order valence-electron chi connectivity index (χ0n) is 14.7. The fraction of sp³-hybridized carbons (Fsp3) is 0.529. The standard InChI is InChI=1S/C17H23N3O3S2/c1-12-11-20(16(21)13-6-4-7-13)17(24-12)18-14-8-5-9-15(10-14)25(22,23)19(2)3/h5,8-10,12-13H,4,6-7,11H2,1-3H3/t12-/m0/s1. The maximum atomic E-state index is 12.6. The Labute approximate surface area is 153 Å². The molecule has 2 fully saturated rings. The third kappa shape index (κ3) is 3.75. The summed E-state index contributed by atoms with van der Waals surface area (Å²) in [6, 6.07) is 6.55. The molecule has 6 nitrogen and oxygen atoms in total. The Bertz CT molecular complexity index is 801. The van der Waals surface area contributed by atoms with Gasteiger partial charge in [0, 0.05) is 31.8 Å². The van der Waals surface area contributed by atoms with Gasteiger partial charge in [-0.15, -0.1) is 0 Å². The van der Waals surface area contributed by atoms with E-state index in [1.807, 2.05) is 0 Å². The number of nitrogens with zero attached hydrogens (tertiary/aromatic N) is 3. The molecule has 0 aromatic heterocycles. The minimum absolute atomic E-state index is 0.122. The highest BCUT2D eigenvalue weighted by Crippen LogP contribution is 2.34. The number of aliphatic imine (C=N–C) groups is 1. The lowest BCUT2D eigenvalue weighted by Gasteiger charge is -2.28. The minimum atomic E-state index is -3.51. The van der Waals surface area contributed by atoms with Gasteiger partial charge in [0.05, 0.1) is 10.6 Å². The van der Waals surface area contributed by atoms with Crippen LogP contribution in [-0.4, -0.2) is 54.6 Å². The summed E-state index contributed by atoms with van der Waals surface area (Å²) < 4.78 is 25.8. The monoisotopic (exact) mass is 381 g/mol. The molecule has 0 radical (unpaired) electrons. The fourth-order valence-electron chi connectivity index (χ4n) is 2.80. The Morgan fingerprint density at radius 1 is 1.32 bits per heavy atom. The van der Waals surface area contributed by atoms with Crippen LogP contribution in [0.3, 0.4) is 0 Å². The Kier molecular flexibility index (Phi) is 5.22. The highest BCUT2D eigenvalue weighted by Gasteiger charge is 2.36. The summed E-state index contributed by atoms with van der Waals surface area (Å²) in [4.78, 5) is 19.2. The molecule has 1 aliphatic heterocycles. The van der Waals surface area contributed by atoms with Gasteiger partial charge in [-0.2, -0.15) is 0 Å². The highest BCUT2D eigenvalue weighted by molar-refractivity contribution is 8.14. The number of hydrogen-bond donors (Lipinski definition) is 0. The number of thioether (sulfide) groups is 1. The molecule has 0 unspecified atom stereocenters. The molecule has 1 aromatic carbocycles. The number of carbonyl (C=O) groups excluding carboxylic acids is 1. The molecule has 25 heavy (non-hydrogen) atoms. The number of hydrogen-bond acceptors (Lipinski definition) is 5. The third-order valence-corrected chi connectivity index (χ3v) is 7.40. The average molecular weight is 382 g/mol. The van der Waals surface area contributed by atoms with E-state index in [1.54, 1.807) is 40.9 Å². The normalized spacial score (nSPS) is 23.3. The highest BCUT2D eigenvalue weighted by atomic mass is 32.2. The second-order valence-corrected chi connectivity index (χ2v) is 10.2. The molecular formula is C17H23N3O3S2. The SMILES string of the molecule is C[C@H]1CN(C(=O)C2CCC2)C(=Nc2cccc(S(=O)(=O)N(C)C)c2)S1. The summed E-state index contributed by atoms with van der Waals surface area (Å²) >= 11 is 1.56. The van der Waals surface area contributed by atoms with E-state index in [2.05, 4.69) is 11.9 Å². The first-order valence-electron chi connectivity index (χ1n) is 8.38. The van der Waals surface area contributed by atoms with Crippen molar-refractivity contribution in [2.45, 2.75) is 36.3 Å². The van der Waals surface area contributed by atoms with Crippen LogP contribution >= 0.6 is 11.8 Å². The van der Waals surface area contributed by atoms with E-state index in [1.165, 1.54) is 18.4 Å². The topological polar surface area (TPSA) is 70.0 Å². The first kappa shape index (κ1) is 18.4. The lowest BCUT2D eigenvalue weighted by molar-refractivity contribution is -0.133. The molecule has 8 heteroatoms. The van der Waals surface area contributed by atoms with E-state index < -0.39 is 10.0 Å². The molecule has 3 rings (SSSR count). The summed E-state index contributed by atoms with van der Waals surface area (Å²) in [6.07, 6.45) is 3.03. The van der Waals surface area contributed by atoms with E-state index >= 15 is 0 Å². The van der Waals surface area contributed by atoms with Gasteiger partial charge in [-0.3, -0.25) is 9.69 Å². The molecular weight excluding hydrogens is 358 g/mol. The van der Waals surface area contributed by atoms with E-state index in [-0.39, 0.29) is 22.0 Å². The van der Waals surface area contributed by atoms with Crippen LogP contribution in [0.5, 0.6) is 0 Å². The zero-order chi connectivity index (χ0) is 18.2. The maximum Gasteiger partial charge on any atom is 0.242 e. The Morgan fingerprint density at radius 2 is 2.04 bits per heavy atom. The van der Waals surface area contributed by atoms with E-state index in [0.717, 1.165) is 19.3 Å². The van der Waals surface area contributed by atoms with Gasteiger partial charge in [0.25, 0.3) is 0 Å². The van der Waals surface area contributed by atoms with Crippen molar-refractivity contribution >= 4 is 38.5 Å². The van der Waals surface area contributed by atoms with E-state index in [4.69, 9.17) is 0 Å². The van der Waals surface area contributed by atoms with Crippen LogP contribution in [0.1, 0.15) is 26.2 Å².